The normalized spacial score (nSPS) is 14.4. The molecule has 1 heterocycles. The number of carbonyl (C=O) groups is 1. The molecule has 0 saturated carbocycles. The minimum absolute atomic E-state index is 0.254. The highest BCUT2D eigenvalue weighted by Gasteiger charge is 2.28. The molecule has 1 rings (SSSR count). The number of aromatic nitrogens is 1. The van der Waals surface area contributed by atoms with Crippen molar-refractivity contribution < 1.29 is 24.1 Å². The van der Waals surface area contributed by atoms with Gasteiger partial charge in [-0.3, -0.25) is 0 Å². The van der Waals surface area contributed by atoms with Crippen LogP contribution in [0.5, 0.6) is 0 Å². The molecule has 2 unspecified atom stereocenters. The van der Waals surface area contributed by atoms with Gasteiger partial charge in [-0.05, 0) is 6.07 Å². The predicted octanol–water partition coefficient (Wildman–Crippen LogP) is -0.212. The number of ether oxygens (including phenoxy) is 1. The highest BCUT2D eigenvalue weighted by Crippen LogP contribution is 2.19. The minimum atomic E-state index is -1.83. The van der Waals surface area contributed by atoms with Crippen molar-refractivity contribution in [2.75, 3.05) is 7.11 Å². The van der Waals surface area contributed by atoms with Gasteiger partial charge < -0.3 is 14.9 Å². The van der Waals surface area contributed by atoms with Crippen LogP contribution in [0.2, 0.25) is 0 Å². The van der Waals surface area contributed by atoms with Crippen LogP contribution >= 0.6 is 0 Å². The maximum Gasteiger partial charge on any atom is 0.337 e. The van der Waals surface area contributed by atoms with E-state index < -0.39 is 24.1 Å². The lowest BCUT2D eigenvalue weighted by Gasteiger charge is -2.15. The van der Waals surface area contributed by atoms with Crippen molar-refractivity contribution >= 4 is 5.97 Å². The maximum atomic E-state index is 13.0. The number of halogens is 1. The Morgan fingerprint density at radius 1 is 1.60 bits per heavy atom. The zero-order chi connectivity index (χ0) is 11.4. The molecule has 0 aliphatic rings. The van der Waals surface area contributed by atoms with Gasteiger partial charge in [0.15, 0.2) is 6.10 Å². The van der Waals surface area contributed by atoms with Crippen LogP contribution in [-0.2, 0) is 9.53 Å². The predicted molar refractivity (Wildman–Crippen MR) is 47.2 cm³/mol. The molecular weight excluding hydrogens is 205 g/mol. The molecule has 1 aromatic heterocycles. The Morgan fingerprint density at radius 2 is 2.27 bits per heavy atom. The molecule has 2 N–H and O–H groups in total. The Bertz CT molecular complexity index is 358. The monoisotopic (exact) mass is 215 g/mol. The van der Waals surface area contributed by atoms with Gasteiger partial charge in [0.2, 0.25) is 5.95 Å². The summed E-state index contributed by atoms with van der Waals surface area (Å²) in [4.78, 5) is 14.1. The summed E-state index contributed by atoms with van der Waals surface area (Å²) in [6, 6.07) is 2.60. The van der Waals surface area contributed by atoms with Crippen LogP contribution in [0.4, 0.5) is 4.39 Å². The van der Waals surface area contributed by atoms with Crippen LogP contribution in [0.25, 0.3) is 0 Å². The molecule has 0 amide bonds. The second-order valence-corrected chi connectivity index (χ2v) is 2.80. The van der Waals surface area contributed by atoms with E-state index >= 15 is 0 Å². The molecule has 0 aromatic carbocycles. The number of carbonyl (C=O) groups excluding carboxylic acids is 1. The van der Waals surface area contributed by atoms with Gasteiger partial charge in [0.05, 0.1) is 7.11 Å². The van der Waals surface area contributed by atoms with E-state index in [4.69, 9.17) is 0 Å². The summed E-state index contributed by atoms with van der Waals surface area (Å²) >= 11 is 0. The SMILES string of the molecule is COC(=O)C(O)C(O)c1cccnc1F. The number of nitrogens with zero attached hydrogens (tertiary/aromatic N) is 1. The molecule has 5 nitrogen and oxygen atoms in total. The lowest BCUT2D eigenvalue weighted by atomic mass is 10.1. The van der Waals surface area contributed by atoms with Gasteiger partial charge in [-0.1, -0.05) is 6.07 Å². The van der Waals surface area contributed by atoms with Gasteiger partial charge in [-0.25, -0.2) is 9.78 Å². The highest BCUT2D eigenvalue weighted by molar-refractivity contribution is 5.75. The quantitative estimate of drug-likeness (QED) is 0.538. The third kappa shape index (κ3) is 2.48. The van der Waals surface area contributed by atoms with Crippen molar-refractivity contribution in [3.05, 3.63) is 29.8 Å². The van der Waals surface area contributed by atoms with Crippen LogP contribution < -0.4 is 0 Å². The van der Waals surface area contributed by atoms with Gasteiger partial charge in [0.1, 0.15) is 6.10 Å². The van der Waals surface area contributed by atoms with E-state index in [0.29, 0.717) is 0 Å². The Kier molecular flexibility index (Phi) is 3.70. The van der Waals surface area contributed by atoms with Crippen LogP contribution in [0.15, 0.2) is 18.3 Å². The van der Waals surface area contributed by atoms with Crippen LogP contribution in [0, 0.1) is 5.95 Å². The van der Waals surface area contributed by atoms with E-state index in [0.717, 1.165) is 7.11 Å². The number of aliphatic hydroxyl groups excluding tert-OH is 2. The van der Waals surface area contributed by atoms with E-state index in [1.54, 1.807) is 0 Å². The Labute approximate surface area is 85.1 Å². The summed E-state index contributed by atoms with van der Waals surface area (Å²) in [7, 11) is 1.05. The number of methoxy groups -OCH3 is 1. The standard InChI is InChI=1S/C9H10FNO4/c1-15-9(14)7(13)6(12)5-3-2-4-11-8(5)10/h2-4,6-7,12-13H,1H3. The summed E-state index contributed by atoms with van der Waals surface area (Å²) < 4.78 is 17.2. The van der Waals surface area contributed by atoms with Gasteiger partial charge in [-0.15, -0.1) is 0 Å². The van der Waals surface area contributed by atoms with Gasteiger partial charge in [0, 0.05) is 11.8 Å². The fourth-order valence-electron chi connectivity index (χ4n) is 1.04. The molecule has 0 bridgehead atoms. The fraction of sp³-hybridized carbons (Fsp3) is 0.333. The first-order chi connectivity index (χ1) is 7.07. The zero-order valence-electron chi connectivity index (χ0n) is 7.92. The number of esters is 1. The van der Waals surface area contributed by atoms with Crippen molar-refractivity contribution in [3.63, 3.8) is 0 Å². The number of aliphatic hydroxyl groups is 2. The molecule has 15 heavy (non-hydrogen) atoms. The van der Waals surface area contributed by atoms with Crippen LogP contribution in [-0.4, -0.2) is 34.4 Å². The first kappa shape index (κ1) is 11.5. The molecule has 1 aromatic rings. The lowest BCUT2D eigenvalue weighted by molar-refractivity contribution is -0.156. The van der Waals surface area contributed by atoms with E-state index in [1.165, 1.54) is 18.3 Å². The minimum Gasteiger partial charge on any atom is -0.467 e. The summed E-state index contributed by atoms with van der Waals surface area (Å²) in [5.41, 5.74) is -0.254. The molecule has 0 spiro atoms. The van der Waals surface area contributed by atoms with Crippen LogP contribution in [0.3, 0.4) is 0 Å². The third-order valence-electron chi connectivity index (χ3n) is 1.85. The second-order valence-electron chi connectivity index (χ2n) is 2.80. The summed E-state index contributed by atoms with van der Waals surface area (Å²) in [6.07, 6.45) is -2.32. The molecule has 0 fully saturated rings. The summed E-state index contributed by atoms with van der Waals surface area (Å²) in [5.74, 6) is -1.97. The molecule has 82 valence electrons. The topological polar surface area (TPSA) is 79.7 Å². The second kappa shape index (κ2) is 4.81. The first-order valence-corrected chi connectivity index (χ1v) is 4.12. The van der Waals surface area contributed by atoms with Gasteiger partial charge >= 0.3 is 5.97 Å². The Hall–Kier alpha value is -1.53. The lowest BCUT2D eigenvalue weighted by Crippen LogP contribution is -2.29. The van der Waals surface area contributed by atoms with Crippen molar-refractivity contribution in [2.24, 2.45) is 0 Å². The number of pyridine rings is 1. The fourth-order valence-corrected chi connectivity index (χ4v) is 1.04. The molecule has 6 heteroatoms. The molecule has 0 aliphatic carbocycles. The molecule has 0 aliphatic heterocycles. The first-order valence-electron chi connectivity index (χ1n) is 4.12. The summed E-state index contributed by atoms with van der Waals surface area (Å²) in [6.45, 7) is 0. The van der Waals surface area contributed by atoms with Crippen molar-refractivity contribution in [1.29, 1.82) is 0 Å². The van der Waals surface area contributed by atoms with E-state index in [2.05, 4.69) is 9.72 Å². The van der Waals surface area contributed by atoms with E-state index in [-0.39, 0.29) is 5.56 Å². The van der Waals surface area contributed by atoms with Crippen LogP contribution in [0.1, 0.15) is 11.7 Å². The largest absolute Gasteiger partial charge is 0.467 e. The van der Waals surface area contributed by atoms with Gasteiger partial charge in [0.25, 0.3) is 0 Å². The maximum absolute atomic E-state index is 13.0. The molecular formula is C9H10FNO4. The Balaban J connectivity index is 2.89. The average Bonchev–Trinajstić information content (AvgIpc) is 2.26. The average molecular weight is 215 g/mol. The Morgan fingerprint density at radius 3 is 2.80 bits per heavy atom. The van der Waals surface area contributed by atoms with Crippen molar-refractivity contribution in [1.82, 2.24) is 4.98 Å². The van der Waals surface area contributed by atoms with E-state index in [9.17, 15) is 19.4 Å². The smallest absolute Gasteiger partial charge is 0.337 e. The number of hydrogen-bond acceptors (Lipinski definition) is 5. The molecule has 0 saturated heterocycles. The van der Waals surface area contributed by atoms with Crippen molar-refractivity contribution in [3.8, 4) is 0 Å². The zero-order valence-corrected chi connectivity index (χ0v) is 7.92. The number of hydrogen-bond donors (Lipinski definition) is 2. The summed E-state index contributed by atoms with van der Waals surface area (Å²) in [5, 5.41) is 18.7. The molecule has 2 atom stereocenters. The highest BCUT2D eigenvalue weighted by atomic mass is 19.1. The van der Waals surface area contributed by atoms with Crippen molar-refractivity contribution in [2.45, 2.75) is 12.2 Å². The molecule has 0 radical (unpaired) electrons. The van der Waals surface area contributed by atoms with Gasteiger partial charge in [-0.2, -0.15) is 4.39 Å². The third-order valence-corrected chi connectivity index (χ3v) is 1.85. The van der Waals surface area contributed by atoms with E-state index in [1.807, 2.05) is 0 Å². The number of rotatable bonds is 3.